The van der Waals surface area contributed by atoms with Crippen LogP contribution < -0.4 is 20.3 Å². The van der Waals surface area contributed by atoms with Gasteiger partial charge in [0.2, 0.25) is 0 Å². The van der Waals surface area contributed by atoms with Crippen LogP contribution >= 0.6 is 11.6 Å². The maximum Gasteiger partial charge on any atom is 0.283 e. The molecule has 8 heteroatoms. The number of benzene rings is 3. The Morgan fingerprint density at radius 3 is 2.44 bits per heavy atom. The Morgan fingerprint density at radius 2 is 1.72 bits per heavy atom. The number of carbonyl (C=O) groups excluding carboxylic acids is 3. The van der Waals surface area contributed by atoms with E-state index in [9.17, 15) is 14.4 Å². The molecule has 0 atom stereocenters. The normalized spacial score (nSPS) is 13.4. The Kier molecular flexibility index (Phi) is 7.12. The van der Waals surface area contributed by atoms with Gasteiger partial charge in [0.25, 0.3) is 17.7 Å². The molecule has 184 valence electrons. The highest BCUT2D eigenvalue weighted by Gasteiger charge is 2.40. The molecule has 0 radical (unpaired) electrons. The van der Waals surface area contributed by atoms with Gasteiger partial charge in [0.05, 0.1) is 12.8 Å². The number of amides is 3. The fraction of sp³-hybridized carbons (Fsp3) is 0.179. The average molecular weight is 504 g/mol. The van der Waals surface area contributed by atoms with Gasteiger partial charge in [-0.1, -0.05) is 55.8 Å². The second kappa shape index (κ2) is 10.3. The van der Waals surface area contributed by atoms with Gasteiger partial charge in [-0.25, -0.2) is 4.90 Å². The maximum atomic E-state index is 13.2. The van der Waals surface area contributed by atoms with Gasteiger partial charge in [-0.2, -0.15) is 0 Å². The molecule has 1 aliphatic heterocycles. The van der Waals surface area contributed by atoms with Crippen molar-refractivity contribution >= 4 is 46.4 Å². The van der Waals surface area contributed by atoms with Gasteiger partial charge in [-0.3, -0.25) is 14.4 Å². The minimum Gasteiger partial charge on any atom is -0.495 e. The lowest BCUT2D eigenvalue weighted by molar-refractivity contribution is -0.120. The fourth-order valence-electron chi connectivity index (χ4n) is 4.00. The lowest BCUT2D eigenvalue weighted by Crippen LogP contribution is -2.32. The molecule has 7 nitrogen and oxygen atoms in total. The van der Waals surface area contributed by atoms with Crippen LogP contribution in [-0.2, 0) is 9.59 Å². The van der Waals surface area contributed by atoms with Crippen molar-refractivity contribution in [1.29, 1.82) is 0 Å². The van der Waals surface area contributed by atoms with Crippen LogP contribution in [0.2, 0.25) is 0 Å². The van der Waals surface area contributed by atoms with Crippen LogP contribution in [0.25, 0.3) is 0 Å². The van der Waals surface area contributed by atoms with E-state index in [1.165, 1.54) is 7.11 Å². The first-order valence-electron chi connectivity index (χ1n) is 11.4. The number of anilines is 3. The highest BCUT2D eigenvalue weighted by atomic mass is 35.5. The van der Waals surface area contributed by atoms with Crippen molar-refractivity contribution in [3.8, 4) is 5.75 Å². The number of nitrogens with zero attached hydrogens (tertiary/aromatic N) is 1. The summed E-state index contributed by atoms with van der Waals surface area (Å²) in [5.74, 6) is -0.966. The van der Waals surface area contributed by atoms with Crippen LogP contribution in [0.5, 0.6) is 5.75 Å². The lowest BCUT2D eigenvalue weighted by atomic mass is 10.0. The van der Waals surface area contributed by atoms with Gasteiger partial charge in [-0.05, 0) is 60.4 Å². The molecule has 0 spiro atoms. The number of methoxy groups -OCH3 is 1. The van der Waals surface area contributed by atoms with Gasteiger partial charge in [-0.15, -0.1) is 0 Å². The Bertz CT molecular complexity index is 1400. The number of aryl methyl sites for hydroxylation is 1. The predicted octanol–water partition coefficient (Wildman–Crippen LogP) is 5.82. The summed E-state index contributed by atoms with van der Waals surface area (Å²) in [5.41, 5.74) is 3.66. The third kappa shape index (κ3) is 4.83. The summed E-state index contributed by atoms with van der Waals surface area (Å²) in [4.78, 5) is 40.1. The molecule has 3 aromatic rings. The number of hydrogen-bond donors (Lipinski definition) is 2. The number of rotatable bonds is 7. The first kappa shape index (κ1) is 25.0. The zero-order chi connectivity index (χ0) is 26.0. The van der Waals surface area contributed by atoms with E-state index in [0.29, 0.717) is 22.7 Å². The summed E-state index contributed by atoms with van der Waals surface area (Å²) >= 11 is 6.30. The van der Waals surface area contributed by atoms with Crippen LogP contribution in [0.4, 0.5) is 17.1 Å². The van der Waals surface area contributed by atoms with Gasteiger partial charge in [0, 0.05) is 16.9 Å². The first-order chi connectivity index (χ1) is 17.2. The van der Waals surface area contributed by atoms with Crippen molar-refractivity contribution in [3.63, 3.8) is 0 Å². The van der Waals surface area contributed by atoms with Gasteiger partial charge in [0.1, 0.15) is 16.5 Å². The second-order valence-electron chi connectivity index (χ2n) is 8.71. The number of halogens is 1. The number of hydrogen-bond acceptors (Lipinski definition) is 5. The quantitative estimate of drug-likeness (QED) is 0.397. The third-order valence-corrected chi connectivity index (χ3v) is 6.18. The Hall–Kier alpha value is -4.10. The minimum absolute atomic E-state index is 0.0760. The predicted molar refractivity (Wildman–Crippen MR) is 142 cm³/mol. The largest absolute Gasteiger partial charge is 0.495 e. The molecule has 0 unspecified atom stereocenters. The topological polar surface area (TPSA) is 87.7 Å². The summed E-state index contributed by atoms with van der Waals surface area (Å²) < 4.78 is 5.34. The van der Waals surface area contributed by atoms with E-state index >= 15 is 0 Å². The maximum absolute atomic E-state index is 13.2. The smallest absolute Gasteiger partial charge is 0.283 e. The van der Waals surface area contributed by atoms with Crippen molar-refractivity contribution in [2.45, 2.75) is 26.7 Å². The Labute approximate surface area is 214 Å². The first-order valence-corrected chi connectivity index (χ1v) is 11.8. The second-order valence-corrected chi connectivity index (χ2v) is 9.09. The molecule has 3 amide bonds. The third-order valence-electron chi connectivity index (χ3n) is 5.83. The molecule has 3 aromatic carbocycles. The molecule has 1 aliphatic rings. The highest BCUT2D eigenvalue weighted by Crippen LogP contribution is 2.36. The standard InChI is InChI=1S/C28H26ClN3O4/c1-16(2)20-10-5-6-11-21(20)31-26(33)18-8-7-9-19(15-18)30-25-24(29)27(34)32(28(25)35)22-14-17(3)12-13-23(22)36-4/h5-16,30H,1-4H3,(H,31,33). The highest BCUT2D eigenvalue weighted by molar-refractivity contribution is 6.53. The van der Waals surface area contributed by atoms with Gasteiger partial charge >= 0.3 is 0 Å². The molecule has 2 N–H and O–H groups in total. The van der Waals surface area contributed by atoms with Crippen molar-refractivity contribution in [3.05, 3.63) is 94.1 Å². The minimum atomic E-state index is -0.660. The molecule has 0 saturated carbocycles. The van der Waals surface area contributed by atoms with Crippen LogP contribution in [0.1, 0.15) is 41.3 Å². The molecule has 0 fully saturated rings. The molecule has 0 aromatic heterocycles. The van der Waals surface area contributed by atoms with Crippen LogP contribution in [0, 0.1) is 6.92 Å². The monoisotopic (exact) mass is 503 g/mol. The van der Waals surface area contributed by atoms with E-state index in [1.807, 2.05) is 37.3 Å². The molecular formula is C28H26ClN3O4. The fourth-order valence-corrected chi connectivity index (χ4v) is 4.21. The van der Waals surface area contributed by atoms with E-state index in [4.69, 9.17) is 16.3 Å². The van der Waals surface area contributed by atoms with E-state index in [2.05, 4.69) is 24.5 Å². The molecule has 0 bridgehead atoms. The van der Waals surface area contributed by atoms with Crippen LogP contribution in [0.15, 0.2) is 77.5 Å². The van der Waals surface area contributed by atoms with E-state index in [0.717, 1.165) is 21.7 Å². The zero-order valence-corrected chi connectivity index (χ0v) is 21.1. The summed E-state index contributed by atoms with van der Waals surface area (Å²) in [6.45, 7) is 5.96. The van der Waals surface area contributed by atoms with Crippen LogP contribution in [0.3, 0.4) is 0 Å². The molecule has 0 saturated heterocycles. The van der Waals surface area contributed by atoms with Crippen molar-refractivity contribution in [2.75, 3.05) is 22.6 Å². The van der Waals surface area contributed by atoms with Gasteiger partial charge < -0.3 is 15.4 Å². The summed E-state index contributed by atoms with van der Waals surface area (Å²) in [6, 6.07) is 19.4. The lowest BCUT2D eigenvalue weighted by Gasteiger charge is -2.18. The summed E-state index contributed by atoms with van der Waals surface area (Å²) in [6.07, 6.45) is 0. The van der Waals surface area contributed by atoms with Crippen molar-refractivity contribution in [1.82, 2.24) is 0 Å². The van der Waals surface area contributed by atoms with E-state index in [-0.39, 0.29) is 22.6 Å². The van der Waals surface area contributed by atoms with Gasteiger partial charge in [0.15, 0.2) is 0 Å². The number of ether oxygens (including phenoxy) is 1. The molecule has 4 rings (SSSR count). The van der Waals surface area contributed by atoms with Crippen molar-refractivity contribution in [2.24, 2.45) is 0 Å². The van der Waals surface area contributed by atoms with E-state index < -0.39 is 11.8 Å². The number of nitrogens with one attached hydrogen (secondary N) is 2. The number of carbonyl (C=O) groups is 3. The van der Waals surface area contributed by atoms with E-state index in [1.54, 1.807) is 36.4 Å². The Balaban J connectivity index is 1.57. The molecule has 36 heavy (non-hydrogen) atoms. The van der Waals surface area contributed by atoms with Crippen molar-refractivity contribution < 1.29 is 19.1 Å². The number of imide groups is 1. The molecule has 1 heterocycles. The number of para-hydroxylation sites is 1. The Morgan fingerprint density at radius 1 is 0.972 bits per heavy atom. The molecular weight excluding hydrogens is 478 g/mol. The average Bonchev–Trinajstić information content (AvgIpc) is 3.07. The SMILES string of the molecule is COc1ccc(C)cc1N1C(=O)C(Cl)=C(Nc2cccc(C(=O)Nc3ccccc3C(C)C)c2)C1=O. The molecule has 0 aliphatic carbocycles. The summed E-state index contributed by atoms with van der Waals surface area (Å²) in [7, 11) is 1.46. The summed E-state index contributed by atoms with van der Waals surface area (Å²) in [5, 5.41) is 5.63. The zero-order valence-electron chi connectivity index (χ0n) is 20.4. The van der Waals surface area contributed by atoms with Crippen LogP contribution in [-0.4, -0.2) is 24.8 Å².